The van der Waals surface area contributed by atoms with Gasteiger partial charge in [0, 0.05) is 5.33 Å². The molecule has 0 saturated heterocycles. The molecular weight excluding hydrogens is 274 g/mol. The Morgan fingerprint density at radius 3 is 2.81 bits per heavy atom. The van der Waals surface area contributed by atoms with Crippen molar-refractivity contribution in [1.29, 1.82) is 5.26 Å². The summed E-state index contributed by atoms with van der Waals surface area (Å²) in [5.41, 5.74) is 0.768. The molecule has 0 radical (unpaired) electrons. The Morgan fingerprint density at radius 1 is 1.62 bits per heavy atom. The molecule has 1 aromatic rings. The van der Waals surface area contributed by atoms with Crippen LogP contribution in [0.2, 0.25) is 0 Å². The third kappa shape index (κ3) is 2.52. The van der Waals surface area contributed by atoms with Crippen LogP contribution in [-0.2, 0) is 10.1 Å². The lowest BCUT2D eigenvalue weighted by Crippen LogP contribution is -2.07. The number of phenols is 1. The second-order valence-corrected chi connectivity index (χ2v) is 3.56. The third-order valence-corrected chi connectivity index (χ3v) is 2.58. The Bertz CT molecular complexity index is 451. The summed E-state index contributed by atoms with van der Waals surface area (Å²) in [4.78, 5) is 11.5. The number of esters is 1. The molecule has 0 fully saturated rings. The van der Waals surface area contributed by atoms with Gasteiger partial charge in [-0.15, -0.1) is 0 Å². The van der Waals surface area contributed by atoms with E-state index in [1.807, 2.05) is 6.07 Å². The van der Waals surface area contributed by atoms with Gasteiger partial charge in [0.25, 0.3) is 0 Å². The van der Waals surface area contributed by atoms with Crippen LogP contribution >= 0.6 is 15.9 Å². The largest absolute Gasteiger partial charge is 0.507 e. The predicted octanol–water partition coefficient (Wildman–Crippen LogP) is 2.34. The van der Waals surface area contributed by atoms with Crippen molar-refractivity contribution in [3.8, 4) is 11.8 Å². The number of carbonyl (C=O) groups is 1. The summed E-state index contributed by atoms with van der Waals surface area (Å²) in [7, 11) is 0. The minimum absolute atomic E-state index is 0.0750. The van der Waals surface area contributed by atoms with Crippen molar-refractivity contribution in [2.75, 3.05) is 6.61 Å². The summed E-state index contributed by atoms with van der Waals surface area (Å²) >= 11 is 3.21. The van der Waals surface area contributed by atoms with Crippen molar-refractivity contribution in [2.45, 2.75) is 12.3 Å². The number of hydrogen-bond acceptors (Lipinski definition) is 4. The zero-order chi connectivity index (χ0) is 12.1. The fraction of sp³-hybridized carbons (Fsp3) is 0.273. The Labute approximate surface area is 102 Å². The van der Waals surface area contributed by atoms with E-state index in [0.717, 1.165) is 5.56 Å². The number of halogens is 1. The van der Waals surface area contributed by atoms with Crippen LogP contribution in [0.4, 0.5) is 0 Å². The van der Waals surface area contributed by atoms with Gasteiger partial charge < -0.3 is 9.84 Å². The number of nitrogens with zero attached hydrogens (tertiary/aromatic N) is 1. The Hall–Kier alpha value is -1.54. The maximum atomic E-state index is 11.5. The lowest BCUT2D eigenvalue weighted by molar-refractivity contribution is 0.0522. The molecule has 0 saturated carbocycles. The first kappa shape index (κ1) is 12.5. The lowest BCUT2D eigenvalue weighted by atomic mass is 10.0. The number of ether oxygens (including phenoxy) is 1. The number of aromatic hydroxyl groups is 1. The number of hydrogen-bond donors (Lipinski definition) is 1. The van der Waals surface area contributed by atoms with E-state index in [2.05, 4.69) is 15.9 Å². The van der Waals surface area contributed by atoms with Gasteiger partial charge in [-0.05, 0) is 24.6 Å². The molecule has 0 atom stereocenters. The minimum atomic E-state index is -0.683. The van der Waals surface area contributed by atoms with Crippen LogP contribution in [0, 0.1) is 11.3 Å². The van der Waals surface area contributed by atoms with Crippen LogP contribution in [0.1, 0.15) is 28.4 Å². The van der Waals surface area contributed by atoms with Gasteiger partial charge in [-0.3, -0.25) is 0 Å². The molecule has 0 aromatic heterocycles. The van der Waals surface area contributed by atoms with Crippen LogP contribution in [0.5, 0.6) is 5.75 Å². The molecule has 0 aliphatic heterocycles. The molecule has 0 unspecified atom stereocenters. The Morgan fingerprint density at radius 2 is 2.31 bits per heavy atom. The molecule has 1 rings (SSSR count). The Kier molecular flexibility index (Phi) is 4.32. The van der Waals surface area contributed by atoms with E-state index in [-0.39, 0.29) is 23.5 Å². The molecule has 0 spiro atoms. The molecule has 5 heteroatoms. The minimum Gasteiger partial charge on any atom is -0.507 e. The van der Waals surface area contributed by atoms with E-state index in [1.165, 1.54) is 6.07 Å². The van der Waals surface area contributed by atoms with Gasteiger partial charge in [0.2, 0.25) is 0 Å². The number of nitriles is 1. The van der Waals surface area contributed by atoms with E-state index in [4.69, 9.17) is 10.00 Å². The maximum absolute atomic E-state index is 11.5. The first-order valence-electron chi connectivity index (χ1n) is 4.63. The first-order valence-corrected chi connectivity index (χ1v) is 5.75. The monoisotopic (exact) mass is 283 g/mol. The van der Waals surface area contributed by atoms with Gasteiger partial charge in [0.15, 0.2) is 0 Å². The van der Waals surface area contributed by atoms with Crippen molar-refractivity contribution in [2.24, 2.45) is 0 Å². The van der Waals surface area contributed by atoms with Gasteiger partial charge in [-0.2, -0.15) is 5.26 Å². The first-order chi connectivity index (χ1) is 7.63. The highest BCUT2D eigenvalue weighted by atomic mass is 79.9. The van der Waals surface area contributed by atoms with Crippen molar-refractivity contribution >= 4 is 21.9 Å². The van der Waals surface area contributed by atoms with Gasteiger partial charge in [0.05, 0.1) is 12.2 Å². The number of benzene rings is 1. The SMILES string of the molecule is CCOC(=O)c1c(O)cc(CBr)cc1C#N. The van der Waals surface area contributed by atoms with Gasteiger partial charge in [-0.1, -0.05) is 15.9 Å². The second kappa shape index (κ2) is 5.52. The van der Waals surface area contributed by atoms with E-state index in [9.17, 15) is 9.90 Å². The number of carbonyl (C=O) groups excluding carboxylic acids is 1. The van der Waals surface area contributed by atoms with Gasteiger partial charge >= 0.3 is 5.97 Å². The number of alkyl halides is 1. The van der Waals surface area contributed by atoms with Crippen LogP contribution in [0.15, 0.2) is 12.1 Å². The average Bonchev–Trinajstić information content (AvgIpc) is 2.27. The molecule has 84 valence electrons. The number of phenolic OH excluding ortho intramolecular Hbond substituents is 1. The van der Waals surface area contributed by atoms with Crippen molar-refractivity contribution < 1.29 is 14.6 Å². The molecule has 1 aromatic carbocycles. The maximum Gasteiger partial charge on any atom is 0.343 e. The van der Waals surface area contributed by atoms with Crippen LogP contribution in [0.25, 0.3) is 0 Å². The van der Waals surface area contributed by atoms with Gasteiger partial charge in [-0.25, -0.2) is 4.79 Å². The second-order valence-electron chi connectivity index (χ2n) is 3.00. The molecular formula is C11H10BrNO3. The predicted molar refractivity (Wildman–Crippen MR) is 61.4 cm³/mol. The zero-order valence-electron chi connectivity index (χ0n) is 8.66. The highest BCUT2D eigenvalue weighted by Gasteiger charge is 2.18. The van der Waals surface area contributed by atoms with Crippen LogP contribution in [0.3, 0.4) is 0 Å². The van der Waals surface area contributed by atoms with Gasteiger partial charge in [0.1, 0.15) is 17.4 Å². The molecule has 0 bridgehead atoms. The third-order valence-electron chi connectivity index (χ3n) is 1.93. The molecule has 0 amide bonds. The summed E-state index contributed by atoms with van der Waals surface area (Å²) in [6, 6.07) is 4.84. The zero-order valence-corrected chi connectivity index (χ0v) is 10.2. The van der Waals surface area contributed by atoms with Crippen molar-refractivity contribution in [1.82, 2.24) is 0 Å². The highest BCUT2D eigenvalue weighted by Crippen LogP contribution is 2.25. The summed E-state index contributed by atoms with van der Waals surface area (Å²) in [6.07, 6.45) is 0. The average molecular weight is 284 g/mol. The highest BCUT2D eigenvalue weighted by molar-refractivity contribution is 9.08. The molecule has 16 heavy (non-hydrogen) atoms. The quantitative estimate of drug-likeness (QED) is 0.683. The fourth-order valence-corrected chi connectivity index (χ4v) is 1.59. The van der Waals surface area contributed by atoms with E-state index >= 15 is 0 Å². The van der Waals surface area contributed by atoms with Crippen LogP contribution in [-0.4, -0.2) is 17.7 Å². The number of rotatable bonds is 3. The lowest BCUT2D eigenvalue weighted by Gasteiger charge is -2.07. The summed E-state index contributed by atoms with van der Waals surface area (Å²) in [6.45, 7) is 1.86. The van der Waals surface area contributed by atoms with Crippen molar-refractivity contribution in [3.63, 3.8) is 0 Å². The standard InChI is InChI=1S/C11H10BrNO3/c1-2-16-11(15)10-8(6-13)3-7(5-12)4-9(10)14/h3-4,14H,2,5H2,1H3. The van der Waals surface area contributed by atoms with Crippen molar-refractivity contribution in [3.05, 3.63) is 28.8 Å². The molecule has 4 nitrogen and oxygen atoms in total. The van der Waals surface area contributed by atoms with E-state index in [0.29, 0.717) is 5.33 Å². The fourth-order valence-electron chi connectivity index (χ4n) is 1.27. The molecule has 0 aliphatic rings. The summed E-state index contributed by atoms with van der Waals surface area (Å²) < 4.78 is 4.76. The molecule has 1 N–H and O–H groups in total. The normalized spacial score (nSPS) is 9.56. The topological polar surface area (TPSA) is 70.3 Å². The summed E-state index contributed by atoms with van der Waals surface area (Å²) in [5, 5.41) is 19.1. The Balaban J connectivity index is 3.28. The van der Waals surface area contributed by atoms with Crippen LogP contribution < -0.4 is 0 Å². The molecule has 0 aliphatic carbocycles. The van der Waals surface area contributed by atoms with E-state index in [1.54, 1.807) is 13.0 Å². The molecule has 0 heterocycles. The summed E-state index contributed by atoms with van der Waals surface area (Å²) in [5.74, 6) is -0.912. The smallest absolute Gasteiger partial charge is 0.343 e. The van der Waals surface area contributed by atoms with E-state index < -0.39 is 5.97 Å².